The van der Waals surface area contributed by atoms with Gasteiger partial charge in [0.05, 0.1) is 53.1 Å². The molecule has 1 aliphatic heterocycles. The van der Waals surface area contributed by atoms with E-state index in [1.54, 1.807) is 24.3 Å². The Morgan fingerprint density at radius 1 is 1.33 bits per heavy atom. The quantitative estimate of drug-likeness (QED) is 0.354. The zero-order valence-corrected chi connectivity index (χ0v) is 15.5. The Labute approximate surface area is 148 Å². The number of hydroxylamine groups is 1. The molecular formula is C14H21ClIN3O2. The van der Waals surface area contributed by atoms with Crippen LogP contribution in [0.5, 0.6) is 0 Å². The molecule has 0 saturated carbocycles. The number of carbonyl (C=O) groups is 1. The fraction of sp³-hybridized carbons (Fsp3) is 0.500. The molecule has 2 amide bonds. The molecule has 1 aromatic rings. The number of halogens is 2. The normalized spacial score (nSPS) is 17.0. The lowest BCUT2D eigenvalue weighted by Crippen LogP contribution is -3.00. The minimum absolute atomic E-state index is 0. The second kappa shape index (κ2) is 7.62. The highest BCUT2D eigenvalue weighted by Gasteiger charge is 2.30. The zero-order chi connectivity index (χ0) is 14.8. The van der Waals surface area contributed by atoms with Gasteiger partial charge >= 0.3 is 6.03 Å². The Bertz CT molecular complexity index is 489. The van der Waals surface area contributed by atoms with E-state index in [2.05, 4.69) is 14.1 Å². The van der Waals surface area contributed by atoms with Gasteiger partial charge in [-0.1, -0.05) is 17.7 Å². The lowest BCUT2D eigenvalue weighted by atomic mass is 10.3. The highest BCUT2D eigenvalue weighted by Crippen LogP contribution is 2.21. The van der Waals surface area contributed by atoms with Gasteiger partial charge in [-0.15, -0.1) is 0 Å². The fourth-order valence-electron chi connectivity index (χ4n) is 2.22. The number of likely N-dealkylation sites (N-methyl/N-ethyl adjacent to an activating group) is 1. The van der Waals surface area contributed by atoms with Gasteiger partial charge in [-0.25, -0.2) is 4.79 Å². The third-order valence-electron chi connectivity index (χ3n) is 3.62. The molecule has 7 heteroatoms. The van der Waals surface area contributed by atoms with Crippen LogP contribution in [0.15, 0.2) is 24.3 Å². The first kappa shape index (κ1) is 18.5. The van der Waals surface area contributed by atoms with Crippen molar-refractivity contribution in [3.05, 3.63) is 29.3 Å². The number of hydrogen-bond acceptors (Lipinski definition) is 2. The maximum atomic E-state index is 12.5. The molecule has 1 saturated heterocycles. The number of carbonyl (C=O) groups excluding carboxylic acids is 1. The van der Waals surface area contributed by atoms with Gasteiger partial charge in [-0.05, 0) is 18.2 Å². The van der Waals surface area contributed by atoms with Gasteiger partial charge < -0.3 is 33.4 Å². The van der Waals surface area contributed by atoms with Crippen LogP contribution in [0.25, 0.3) is 0 Å². The van der Waals surface area contributed by atoms with Crippen LogP contribution in [0.2, 0.25) is 5.02 Å². The van der Waals surface area contributed by atoms with Gasteiger partial charge in [-0.2, -0.15) is 5.06 Å². The standard InChI is InChI=1S/C14H21ClN3O2.HI/c1-18(2)9-7-16(8-10-18)14(19)17(20-3)13-6-4-5-12(15)11-13;/h4-6,11H,7-10H2,1-3H3;1H/q+1;/p-1. The molecule has 1 heterocycles. The van der Waals surface area contributed by atoms with E-state index in [1.165, 1.54) is 12.2 Å². The first-order chi connectivity index (χ1) is 9.43. The number of rotatable bonds is 2. The van der Waals surface area contributed by atoms with E-state index in [9.17, 15) is 4.79 Å². The predicted molar refractivity (Wildman–Crippen MR) is 79.8 cm³/mol. The summed E-state index contributed by atoms with van der Waals surface area (Å²) in [5, 5.41) is 1.87. The van der Waals surface area contributed by atoms with E-state index in [0.29, 0.717) is 10.7 Å². The molecule has 1 fully saturated rings. The molecule has 1 aromatic carbocycles. The zero-order valence-electron chi connectivity index (χ0n) is 12.6. The Hall–Kier alpha value is -0.570. The Morgan fingerprint density at radius 2 is 1.95 bits per heavy atom. The van der Waals surface area contributed by atoms with Crippen molar-refractivity contribution >= 4 is 23.3 Å². The third kappa shape index (κ3) is 4.70. The molecule has 0 aromatic heterocycles. The lowest BCUT2D eigenvalue weighted by molar-refractivity contribution is -0.894. The molecule has 0 atom stereocenters. The summed E-state index contributed by atoms with van der Waals surface area (Å²) in [6.45, 7) is 3.34. The maximum Gasteiger partial charge on any atom is 0.349 e. The van der Waals surface area contributed by atoms with Crippen molar-refractivity contribution in [3.8, 4) is 0 Å². The Kier molecular flexibility index (Phi) is 6.71. The molecule has 0 radical (unpaired) electrons. The summed E-state index contributed by atoms with van der Waals surface area (Å²) < 4.78 is 0.938. The average Bonchev–Trinajstić information content (AvgIpc) is 2.39. The number of hydrogen-bond donors (Lipinski definition) is 0. The maximum absolute atomic E-state index is 12.5. The SMILES string of the molecule is CON(C(=O)N1CC[N+](C)(C)CC1)c1cccc(Cl)c1.[I-]. The van der Waals surface area contributed by atoms with Gasteiger partial charge in [0, 0.05) is 5.02 Å². The van der Waals surface area contributed by atoms with E-state index in [-0.39, 0.29) is 30.0 Å². The summed E-state index contributed by atoms with van der Waals surface area (Å²) in [7, 11) is 5.84. The second-order valence-corrected chi connectivity index (χ2v) is 6.05. The van der Waals surface area contributed by atoms with Gasteiger partial charge in [-0.3, -0.25) is 4.84 Å². The smallest absolute Gasteiger partial charge is 0.349 e. The van der Waals surface area contributed by atoms with E-state index >= 15 is 0 Å². The molecule has 0 spiro atoms. The summed E-state index contributed by atoms with van der Waals surface area (Å²) in [4.78, 5) is 19.6. The predicted octanol–water partition coefficient (Wildman–Crippen LogP) is -0.776. The van der Waals surface area contributed by atoms with E-state index in [4.69, 9.17) is 16.4 Å². The average molecular weight is 426 g/mol. The Balaban J connectivity index is 0.00000220. The molecule has 5 nitrogen and oxygen atoms in total. The first-order valence-corrected chi connectivity index (χ1v) is 7.01. The van der Waals surface area contributed by atoms with E-state index in [0.717, 1.165) is 30.7 Å². The highest BCUT2D eigenvalue weighted by molar-refractivity contribution is 6.30. The van der Waals surface area contributed by atoms with E-state index in [1.807, 2.05) is 4.90 Å². The molecule has 0 N–H and O–H groups in total. The number of piperazine rings is 1. The van der Waals surface area contributed by atoms with Crippen LogP contribution < -0.4 is 29.0 Å². The minimum Gasteiger partial charge on any atom is -1.00 e. The van der Waals surface area contributed by atoms with Gasteiger partial charge in [0.25, 0.3) is 0 Å². The van der Waals surface area contributed by atoms with Crippen LogP contribution in [-0.4, -0.2) is 62.8 Å². The van der Waals surface area contributed by atoms with E-state index < -0.39 is 0 Å². The van der Waals surface area contributed by atoms with Crippen LogP contribution >= 0.6 is 11.6 Å². The van der Waals surface area contributed by atoms with Crippen LogP contribution in [0, 0.1) is 0 Å². The molecule has 0 bridgehead atoms. The summed E-state index contributed by atoms with van der Waals surface area (Å²) >= 11 is 5.96. The van der Waals surface area contributed by atoms with Crippen molar-refractivity contribution in [1.82, 2.24) is 4.90 Å². The number of amides is 2. The first-order valence-electron chi connectivity index (χ1n) is 6.64. The fourth-order valence-corrected chi connectivity index (χ4v) is 2.41. The summed E-state index contributed by atoms with van der Waals surface area (Å²) in [6.07, 6.45) is 0. The number of nitrogens with zero attached hydrogens (tertiary/aromatic N) is 3. The molecule has 1 aliphatic rings. The lowest BCUT2D eigenvalue weighted by Gasteiger charge is -2.40. The summed E-state index contributed by atoms with van der Waals surface area (Å²) in [5.74, 6) is 0. The van der Waals surface area contributed by atoms with Crippen molar-refractivity contribution in [3.63, 3.8) is 0 Å². The highest BCUT2D eigenvalue weighted by atomic mass is 127. The monoisotopic (exact) mass is 425 g/mol. The van der Waals surface area contributed by atoms with Crippen molar-refractivity contribution in [2.75, 3.05) is 52.4 Å². The molecule has 0 aliphatic carbocycles. The van der Waals surface area contributed by atoms with Crippen molar-refractivity contribution < 1.29 is 38.1 Å². The number of benzene rings is 1. The number of urea groups is 1. The largest absolute Gasteiger partial charge is 1.00 e. The molecule has 0 unspecified atom stereocenters. The van der Waals surface area contributed by atoms with Crippen molar-refractivity contribution in [1.29, 1.82) is 0 Å². The minimum atomic E-state index is -0.144. The number of quaternary nitrogens is 1. The van der Waals surface area contributed by atoms with Crippen molar-refractivity contribution in [2.24, 2.45) is 0 Å². The summed E-state index contributed by atoms with van der Waals surface area (Å²) in [6, 6.07) is 6.94. The molecule has 118 valence electrons. The Morgan fingerprint density at radius 3 is 2.48 bits per heavy atom. The van der Waals surface area contributed by atoms with Crippen LogP contribution in [-0.2, 0) is 4.84 Å². The number of anilines is 1. The third-order valence-corrected chi connectivity index (χ3v) is 3.86. The molecular weight excluding hydrogens is 405 g/mol. The molecule has 2 rings (SSSR count). The van der Waals surface area contributed by atoms with Crippen LogP contribution in [0.3, 0.4) is 0 Å². The van der Waals surface area contributed by atoms with Gasteiger partial charge in [0.2, 0.25) is 0 Å². The van der Waals surface area contributed by atoms with Gasteiger partial charge in [0.1, 0.15) is 0 Å². The van der Waals surface area contributed by atoms with Crippen molar-refractivity contribution in [2.45, 2.75) is 0 Å². The molecule has 21 heavy (non-hydrogen) atoms. The topological polar surface area (TPSA) is 32.8 Å². The van der Waals surface area contributed by atoms with Crippen LogP contribution in [0.1, 0.15) is 0 Å². The summed E-state index contributed by atoms with van der Waals surface area (Å²) in [5.41, 5.74) is 0.643. The van der Waals surface area contributed by atoms with Gasteiger partial charge in [0.15, 0.2) is 0 Å². The second-order valence-electron chi connectivity index (χ2n) is 5.61. The van der Waals surface area contributed by atoms with Crippen LogP contribution in [0.4, 0.5) is 10.5 Å².